The monoisotopic (exact) mass is 477 g/mol. The standard InChI is InChI=1S/C23H22Cl2FN3OS/c24-16-7-5-15(6-8-16)21-22(29-23(28-21)11-3-1-2-4-12-23)31-14-20(30)27-17-9-10-19(26)18(25)13-17/h5-10,13H,1-4,11-12,14H2,(H,27,30). The number of aliphatic imine (C=N–C) groups is 2. The summed E-state index contributed by atoms with van der Waals surface area (Å²) in [5, 5.41) is 4.16. The highest BCUT2D eigenvalue weighted by Crippen LogP contribution is 2.38. The molecule has 4 rings (SSSR count). The van der Waals surface area contributed by atoms with Gasteiger partial charge in [0.1, 0.15) is 10.9 Å². The molecule has 1 N–H and O–H groups in total. The number of hydrogen-bond donors (Lipinski definition) is 1. The summed E-state index contributed by atoms with van der Waals surface area (Å²) in [5.74, 6) is -0.573. The van der Waals surface area contributed by atoms with Crippen LogP contribution in [0.3, 0.4) is 0 Å². The van der Waals surface area contributed by atoms with E-state index in [-0.39, 0.29) is 16.7 Å². The Hall–Kier alpha value is -1.89. The first-order valence-corrected chi connectivity index (χ1v) is 12.0. The van der Waals surface area contributed by atoms with Crippen LogP contribution in [0.4, 0.5) is 10.1 Å². The van der Waals surface area contributed by atoms with E-state index in [0.717, 1.165) is 42.0 Å². The maximum atomic E-state index is 13.3. The second-order valence-electron chi connectivity index (χ2n) is 7.75. The molecule has 1 aliphatic carbocycles. The Morgan fingerprint density at radius 1 is 1.03 bits per heavy atom. The average Bonchev–Trinajstić information content (AvgIpc) is 2.94. The summed E-state index contributed by atoms with van der Waals surface area (Å²) in [5.41, 5.74) is 1.80. The topological polar surface area (TPSA) is 53.8 Å². The first-order valence-electron chi connectivity index (χ1n) is 10.3. The Morgan fingerprint density at radius 2 is 1.74 bits per heavy atom. The van der Waals surface area contributed by atoms with Crippen LogP contribution in [-0.2, 0) is 4.79 Å². The number of thioether (sulfide) groups is 1. The molecule has 31 heavy (non-hydrogen) atoms. The zero-order valence-electron chi connectivity index (χ0n) is 16.8. The van der Waals surface area contributed by atoms with Gasteiger partial charge in [0.05, 0.1) is 16.5 Å². The van der Waals surface area contributed by atoms with Crippen molar-refractivity contribution in [3.8, 4) is 0 Å². The molecular weight excluding hydrogens is 456 g/mol. The summed E-state index contributed by atoms with van der Waals surface area (Å²) in [4.78, 5) is 22.6. The smallest absolute Gasteiger partial charge is 0.234 e. The largest absolute Gasteiger partial charge is 0.325 e. The lowest BCUT2D eigenvalue weighted by molar-refractivity contribution is -0.113. The zero-order chi connectivity index (χ0) is 21.8. The third kappa shape index (κ3) is 5.48. The van der Waals surface area contributed by atoms with Crippen molar-refractivity contribution < 1.29 is 9.18 Å². The quantitative estimate of drug-likeness (QED) is 0.528. The van der Waals surface area contributed by atoms with Crippen molar-refractivity contribution in [2.45, 2.75) is 44.2 Å². The number of amides is 1. The van der Waals surface area contributed by atoms with Gasteiger partial charge in [-0.1, -0.05) is 59.9 Å². The minimum atomic E-state index is -0.521. The van der Waals surface area contributed by atoms with E-state index in [0.29, 0.717) is 10.7 Å². The van der Waals surface area contributed by atoms with Crippen molar-refractivity contribution in [3.63, 3.8) is 0 Å². The molecule has 0 aromatic heterocycles. The minimum absolute atomic E-state index is 0.0296. The maximum absolute atomic E-state index is 13.3. The molecule has 0 saturated heterocycles. The van der Waals surface area contributed by atoms with Gasteiger partial charge in [0, 0.05) is 16.3 Å². The zero-order valence-corrected chi connectivity index (χ0v) is 19.2. The summed E-state index contributed by atoms with van der Waals surface area (Å²) in [7, 11) is 0. The van der Waals surface area contributed by atoms with Crippen molar-refractivity contribution in [3.05, 3.63) is 63.9 Å². The Bertz CT molecular complexity index is 1030. The van der Waals surface area contributed by atoms with E-state index in [9.17, 15) is 9.18 Å². The van der Waals surface area contributed by atoms with E-state index in [1.807, 2.05) is 24.3 Å². The predicted octanol–water partition coefficient (Wildman–Crippen LogP) is 6.76. The normalized spacial score (nSPS) is 17.8. The average molecular weight is 478 g/mol. The Kier molecular flexibility index (Phi) is 6.99. The maximum Gasteiger partial charge on any atom is 0.234 e. The molecule has 1 heterocycles. The SMILES string of the molecule is O=C(CSC1=NC2(CCCCCC2)N=C1c1ccc(Cl)cc1)Nc1ccc(F)c(Cl)c1. The van der Waals surface area contributed by atoms with Gasteiger partial charge in [-0.25, -0.2) is 9.38 Å². The Morgan fingerprint density at radius 3 is 2.42 bits per heavy atom. The van der Waals surface area contributed by atoms with Crippen LogP contribution >= 0.6 is 35.0 Å². The third-order valence-electron chi connectivity index (χ3n) is 5.40. The van der Waals surface area contributed by atoms with Gasteiger partial charge in [0.25, 0.3) is 0 Å². The molecule has 1 aliphatic heterocycles. The van der Waals surface area contributed by atoms with Gasteiger partial charge in [0.15, 0.2) is 5.66 Å². The molecule has 2 aromatic carbocycles. The van der Waals surface area contributed by atoms with Gasteiger partial charge in [-0.05, 0) is 56.0 Å². The molecule has 162 valence electrons. The van der Waals surface area contributed by atoms with Crippen LogP contribution in [0.2, 0.25) is 10.0 Å². The second kappa shape index (κ2) is 9.72. The lowest BCUT2D eigenvalue weighted by atomic mass is 10.0. The first kappa shape index (κ1) is 22.3. The van der Waals surface area contributed by atoms with Crippen LogP contribution in [0, 0.1) is 5.82 Å². The fourth-order valence-corrected chi connectivity index (χ4v) is 5.02. The predicted molar refractivity (Wildman–Crippen MR) is 128 cm³/mol. The van der Waals surface area contributed by atoms with Gasteiger partial charge < -0.3 is 5.32 Å². The summed E-state index contributed by atoms with van der Waals surface area (Å²) >= 11 is 13.2. The molecule has 0 unspecified atom stereocenters. The third-order valence-corrected chi connectivity index (χ3v) is 6.90. The lowest BCUT2D eigenvalue weighted by Gasteiger charge is -2.20. The number of carbonyl (C=O) groups is 1. The van der Waals surface area contributed by atoms with E-state index in [1.54, 1.807) is 0 Å². The molecule has 1 saturated carbocycles. The fraction of sp³-hybridized carbons (Fsp3) is 0.348. The van der Waals surface area contributed by atoms with Crippen LogP contribution in [0.5, 0.6) is 0 Å². The van der Waals surface area contributed by atoms with Gasteiger partial charge in [0.2, 0.25) is 5.91 Å². The lowest BCUT2D eigenvalue weighted by Crippen LogP contribution is -2.20. The fourth-order valence-electron chi connectivity index (χ4n) is 3.84. The van der Waals surface area contributed by atoms with Gasteiger partial charge >= 0.3 is 0 Å². The number of hydrogen-bond acceptors (Lipinski definition) is 4. The van der Waals surface area contributed by atoms with Gasteiger partial charge in [-0.2, -0.15) is 0 Å². The number of nitrogens with one attached hydrogen (secondary N) is 1. The second-order valence-corrected chi connectivity index (χ2v) is 9.55. The van der Waals surface area contributed by atoms with E-state index in [1.165, 1.54) is 42.8 Å². The number of anilines is 1. The van der Waals surface area contributed by atoms with Crippen molar-refractivity contribution in [1.29, 1.82) is 0 Å². The summed E-state index contributed by atoms with van der Waals surface area (Å²) in [6.45, 7) is 0. The van der Waals surface area contributed by atoms with Crippen molar-refractivity contribution in [2.75, 3.05) is 11.1 Å². The van der Waals surface area contributed by atoms with Crippen LogP contribution in [-0.4, -0.2) is 28.1 Å². The van der Waals surface area contributed by atoms with Crippen LogP contribution in [0.15, 0.2) is 52.4 Å². The summed E-state index contributed by atoms with van der Waals surface area (Å²) < 4.78 is 13.3. The molecule has 2 aromatic rings. The molecule has 0 radical (unpaired) electrons. The molecule has 2 aliphatic rings. The van der Waals surface area contributed by atoms with Crippen LogP contribution < -0.4 is 5.32 Å². The highest BCUT2D eigenvalue weighted by atomic mass is 35.5. The molecule has 4 nitrogen and oxygen atoms in total. The highest BCUT2D eigenvalue weighted by molar-refractivity contribution is 8.16. The number of halogens is 3. The molecule has 1 spiro atoms. The van der Waals surface area contributed by atoms with E-state index < -0.39 is 11.5 Å². The minimum Gasteiger partial charge on any atom is -0.325 e. The van der Waals surface area contributed by atoms with Crippen LogP contribution in [0.1, 0.15) is 44.1 Å². The first-order chi connectivity index (χ1) is 14.9. The highest BCUT2D eigenvalue weighted by Gasteiger charge is 2.37. The van der Waals surface area contributed by atoms with E-state index in [4.69, 9.17) is 33.2 Å². The number of benzene rings is 2. The van der Waals surface area contributed by atoms with Crippen LogP contribution in [0.25, 0.3) is 0 Å². The van der Waals surface area contributed by atoms with E-state index >= 15 is 0 Å². The van der Waals surface area contributed by atoms with Crippen molar-refractivity contribution in [1.82, 2.24) is 0 Å². The number of rotatable bonds is 4. The van der Waals surface area contributed by atoms with Crippen molar-refractivity contribution >= 4 is 57.3 Å². The molecular formula is C23H22Cl2FN3OS. The molecule has 1 amide bonds. The number of nitrogens with zero attached hydrogens (tertiary/aromatic N) is 2. The van der Waals surface area contributed by atoms with E-state index in [2.05, 4.69) is 5.32 Å². The Balaban J connectivity index is 1.51. The molecule has 0 bridgehead atoms. The Labute approximate surface area is 195 Å². The molecule has 8 heteroatoms. The summed E-state index contributed by atoms with van der Waals surface area (Å²) in [6, 6.07) is 11.7. The summed E-state index contributed by atoms with van der Waals surface area (Å²) in [6.07, 6.45) is 6.46. The van der Waals surface area contributed by atoms with Crippen molar-refractivity contribution in [2.24, 2.45) is 9.98 Å². The van der Waals surface area contributed by atoms with Gasteiger partial charge in [-0.3, -0.25) is 9.79 Å². The van der Waals surface area contributed by atoms with Gasteiger partial charge in [-0.15, -0.1) is 0 Å². The molecule has 0 atom stereocenters. The molecule has 1 fully saturated rings. The number of carbonyl (C=O) groups excluding carboxylic acids is 1.